The van der Waals surface area contributed by atoms with Crippen LogP contribution in [0.5, 0.6) is 0 Å². The molecule has 0 atom stereocenters. The molecule has 0 rings (SSSR count). The highest BCUT2D eigenvalue weighted by Crippen LogP contribution is 2.01. The zero-order valence-corrected chi connectivity index (χ0v) is 13.2. The minimum atomic E-state index is -0.554. The lowest BCUT2D eigenvalue weighted by atomic mass is 10.2. The highest BCUT2D eigenvalue weighted by atomic mass is 16.5. The van der Waals surface area contributed by atoms with Gasteiger partial charge in [0.2, 0.25) is 0 Å². The molecule has 128 valence electrons. The Bertz CT molecular complexity index is 284. The van der Waals surface area contributed by atoms with Crippen LogP contribution in [0.3, 0.4) is 0 Å². The summed E-state index contributed by atoms with van der Waals surface area (Å²) >= 11 is 0. The predicted octanol–water partition coefficient (Wildman–Crippen LogP) is 1.73. The predicted molar refractivity (Wildman–Crippen MR) is 82.2 cm³/mol. The lowest BCUT2D eigenvalue weighted by Gasteiger charge is -2.02. The van der Waals surface area contributed by atoms with E-state index >= 15 is 0 Å². The highest BCUT2D eigenvalue weighted by molar-refractivity contribution is 5.91. The quantitative estimate of drug-likeness (QED) is 0.288. The number of hydrogen-bond acceptors (Lipinski definition) is 6. The number of carbonyl (C=O) groups is 2. The van der Waals surface area contributed by atoms with Crippen molar-refractivity contribution in [3.63, 3.8) is 0 Å². The van der Waals surface area contributed by atoms with E-state index < -0.39 is 11.9 Å². The molecule has 0 fully saturated rings. The normalized spacial score (nSPS) is 10.8. The molecule has 0 aliphatic rings. The molecule has 0 unspecified atom stereocenters. The van der Waals surface area contributed by atoms with Crippen molar-refractivity contribution in [3.05, 3.63) is 12.2 Å². The maximum absolute atomic E-state index is 11.3. The molecular formula is C16H28O6. The molecule has 0 spiro atoms. The first-order valence-corrected chi connectivity index (χ1v) is 7.94. The topological polar surface area (TPSA) is 93.1 Å². The molecule has 0 amide bonds. The average molecular weight is 316 g/mol. The fraction of sp³-hybridized carbons (Fsp3) is 0.750. The van der Waals surface area contributed by atoms with E-state index in [1.165, 1.54) is 0 Å². The molecule has 0 aromatic heterocycles. The Hall–Kier alpha value is -1.40. The van der Waals surface area contributed by atoms with Gasteiger partial charge in [-0.25, -0.2) is 9.59 Å². The number of unbranched alkanes of at least 4 members (excludes halogenated alkanes) is 6. The summed E-state index contributed by atoms with van der Waals surface area (Å²) < 4.78 is 9.85. The largest absolute Gasteiger partial charge is 0.463 e. The van der Waals surface area contributed by atoms with Gasteiger partial charge in [-0.3, -0.25) is 0 Å². The van der Waals surface area contributed by atoms with Gasteiger partial charge in [0, 0.05) is 25.4 Å². The van der Waals surface area contributed by atoms with Gasteiger partial charge in [-0.15, -0.1) is 0 Å². The number of rotatable bonds is 14. The van der Waals surface area contributed by atoms with Gasteiger partial charge >= 0.3 is 11.9 Å². The van der Waals surface area contributed by atoms with Gasteiger partial charge in [-0.2, -0.15) is 0 Å². The van der Waals surface area contributed by atoms with E-state index in [4.69, 9.17) is 19.7 Å². The van der Waals surface area contributed by atoms with Crippen LogP contribution < -0.4 is 0 Å². The second-order valence-electron chi connectivity index (χ2n) is 4.94. The van der Waals surface area contributed by atoms with Crippen molar-refractivity contribution in [2.75, 3.05) is 26.4 Å². The maximum Gasteiger partial charge on any atom is 0.331 e. The molecule has 0 bridgehead atoms. The van der Waals surface area contributed by atoms with Crippen LogP contribution in [0.4, 0.5) is 0 Å². The maximum atomic E-state index is 11.3. The van der Waals surface area contributed by atoms with Crippen molar-refractivity contribution in [1.29, 1.82) is 0 Å². The number of carbonyl (C=O) groups excluding carboxylic acids is 2. The molecule has 0 radical (unpaired) electrons. The monoisotopic (exact) mass is 316 g/mol. The van der Waals surface area contributed by atoms with Gasteiger partial charge < -0.3 is 19.7 Å². The van der Waals surface area contributed by atoms with Crippen LogP contribution in [0.15, 0.2) is 12.2 Å². The van der Waals surface area contributed by atoms with E-state index in [2.05, 4.69) is 0 Å². The Balaban J connectivity index is 3.51. The molecule has 0 saturated carbocycles. The van der Waals surface area contributed by atoms with E-state index in [1.54, 1.807) is 0 Å². The third-order valence-corrected chi connectivity index (χ3v) is 2.95. The molecule has 6 heteroatoms. The molecule has 22 heavy (non-hydrogen) atoms. The zero-order chi connectivity index (χ0) is 16.5. The van der Waals surface area contributed by atoms with Crippen LogP contribution in [-0.4, -0.2) is 48.6 Å². The summed E-state index contributed by atoms with van der Waals surface area (Å²) in [7, 11) is 0. The number of aliphatic hydroxyl groups is 2. The Morgan fingerprint density at radius 1 is 0.636 bits per heavy atom. The summed E-state index contributed by atoms with van der Waals surface area (Å²) in [4.78, 5) is 22.6. The fourth-order valence-electron chi connectivity index (χ4n) is 1.71. The van der Waals surface area contributed by atoms with Crippen LogP contribution in [0.1, 0.15) is 51.4 Å². The Labute approximate surface area is 132 Å². The summed E-state index contributed by atoms with van der Waals surface area (Å²) in [5, 5.41) is 17.2. The van der Waals surface area contributed by atoms with E-state index in [-0.39, 0.29) is 13.2 Å². The van der Waals surface area contributed by atoms with E-state index in [9.17, 15) is 9.59 Å². The first-order chi connectivity index (χ1) is 10.7. The third-order valence-electron chi connectivity index (χ3n) is 2.95. The van der Waals surface area contributed by atoms with Gasteiger partial charge in [0.05, 0.1) is 13.2 Å². The average Bonchev–Trinajstić information content (AvgIpc) is 2.52. The zero-order valence-electron chi connectivity index (χ0n) is 13.2. The molecule has 6 nitrogen and oxygen atoms in total. The van der Waals surface area contributed by atoms with Crippen LogP contribution in [0.25, 0.3) is 0 Å². The van der Waals surface area contributed by atoms with Gasteiger partial charge in [-0.1, -0.05) is 12.8 Å². The summed E-state index contributed by atoms with van der Waals surface area (Å²) in [6, 6.07) is 0. The molecular weight excluding hydrogens is 288 g/mol. The minimum Gasteiger partial charge on any atom is -0.463 e. The van der Waals surface area contributed by atoms with Crippen molar-refractivity contribution in [2.24, 2.45) is 0 Å². The fourth-order valence-corrected chi connectivity index (χ4v) is 1.71. The van der Waals surface area contributed by atoms with Gasteiger partial charge in [0.25, 0.3) is 0 Å². The second-order valence-corrected chi connectivity index (χ2v) is 4.94. The molecule has 2 N–H and O–H groups in total. The van der Waals surface area contributed by atoms with Crippen LogP contribution in [0.2, 0.25) is 0 Å². The van der Waals surface area contributed by atoms with E-state index in [0.29, 0.717) is 13.2 Å². The molecule has 0 aromatic rings. The molecule has 0 aromatic carbocycles. The Morgan fingerprint density at radius 2 is 1.00 bits per heavy atom. The van der Waals surface area contributed by atoms with Gasteiger partial charge in [0.15, 0.2) is 0 Å². The van der Waals surface area contributed by atoms with E-state index in [0.717, 1.165) is 63.5 Å². The van der Waals surface area contributed by atoms with Gasteiger partial charge in [0.1, 0.15) is 0 Å². The highest BCUT2D eigenvalue weighted by Gasteiger charge is 2.01. The van der Waals surface area contributed by atoms with Crippen molar-refractivity contribution in [2.45, 2.75) is 51.4 Å². The second kappa shape index (κ2) is 16.0. The molecule has 0 heterocycles. The third kappa shape index (κ3) is 15.0. The van der Waals surface area contributed by atoms with Crippen LogP contribution in [0, 0.1) is 0 Å². The van der Waals surface area contributed by atoms with Crippen molar-refractivity contribution in [1.82, 2.24) is 0 Å². The number of hydrogen-bond donors (Lipinski definition) is 2. The Morgan fingerprint density at radius 3 is 1.36 bits per heavy atom. The van der Waals surface area contributed by atoms with Crippen molar-refractivity contribution in [3.8, 4) is 0 Å². The number of ether oxygens (including phenoxy) is 2. The lowest BCUT2D eigenvalue weighted by Crippen LogP contribution is -2.06. The molecule has 0 saturated heterocycles. The van der Waals surface area contributed by atoms with Crippen LogP contribution >= 0.6 is 0 Å². The van der Waals surface area contributed by atoms with Crippen molar-refractivity contribution >= 4 is 11.9 Å². The van der Waals surface area contributed by atoms with Crippen LogP contribution in [-0.2, 0) is 19.1 Å². The SMILES string of the molecule is O=C(/C=C\C(=O)OCCCCCCO)OCCCCCCO. The first kappa shape index (κ1) is 20.6. The number of aliphatic hydroxyl groups excluding tert-OH is 2. The summed E-state index contributed by atoms with van der Waals surface area (Å²) in [5.74, 6) is -1.11. The number of esters is 2. The van der Waals surface area contributed by atoms with Gasteiger partial charge in [-0.05, 0) is 38.5 Å². The summed E-state index contributed by atoms with van der Waals surface area (Å²) in [6.07, 6.45) is 8.79. The lowest BCUT2D eigenvalue weighted by molar-refractivity contribution is -0.140. The summed E-state index contributed by atoms with van der Waals surface area (Å²) in [6.45, 7) is 1.00. The van der Waals surface area contributed by atoms with Crippen molar-refractivity contribution < 1.29 is 29.3 Å². The Kier molecular flexibility index (Phi) is 15.0. The first-order valence-electron chi connectivity index (χ1n) is 7.94. The minimum absolute atomic E-state index is 0.187. The summed E-state index contributed by atoms with van der Waals surface area (Å²) in [5.41, 5.74) is 0. The van der Waals surface area contributed by atoms with E-state index in [1.807, 2.05) is 0 Å². The molecule has 0 aliphatic carbocycles. The molecule has 0 aliphatic heterocycles. The standard InChI is InChI=1S/C16H28O6/c17-11-5-1-3-7-13-21-15(19)9-10-16(20)22-14-8-4-2-6-12-18/h9-10,17-18H,1-8,11-14H2/b10-9-. The smallest absolute Gasteiger partial charge is 0.331 e.